The van der Waals surface area contributed by atoms with Crippen LogP contribution in [0.15, 0.2) is 0 Å². The van der Waals surface area contributed by atoms with Crippen molar-refractivity contribution in [1.29, 1.82) is 0 Å². The first-order chi connectivity index (χ1) is 6.39. The highest BCUT2D eigenvalue weighted by Gasteiger charge is 2.20. The van der Waals surface area contributed by atoms with E-state index in [1.165, 1.54) is 36.8 Å². The maximum Gasteiger partial charge on any atom is 0.0810 e. The van der Waals surface area contributed by atoms with Crippen LogP contribution in [0.1, 0.15) is 47.0 Å². The molecule has 1 heteroatoms. The Hall–Kier alpha value is -0.0400. The third-order valence-electron chi connectivity index (χ3n) is 3.29. The van der Waals surface area contributed by atoms with E-state index < -0.39 is 0 Å². The second-order valence-electron chi connectivity index (χ2n) is 5.77. The van der Waals surface area contributed by atoms with Gasteiger partial charge in [0.05, 0.1) is 27.2 Å². The van der Waals surface area contributed by atoms with Crippen molar-refractivity contribution < 1.29 is 4.48 Å². The number of rotatable bonds is 7. The zero-order valence-electron chi connectivity index (χ0n) is 11.1. The first kappa shape index (κ1) is 14.0. The summed E-state index contributed by atoms with van der Waals surface area (Å²) in [4.78, 5) is 0. The summed E-state index contributed by atoms with van der Waals surface area (Å²) in [6.45, 7) is 12.0. The molecule has 0 aliphatic heterocycles. The summed E-state index contributed by atoms with van der Waals surface area (Å²) < 4.78 is 1.19. The summed E-state index contributed by atoms with van der Waals surface area (Å²) in [6.07, 6.45) is 4.10. The van der Waals surface area contributed by atoms with E-state index in [0.717, 1.165) is 11.8 Å². The largest absolute Gasteiger partial charge is 0.328 e. The van der Waals surface area contributed by atoms with Gasteiger partial charge in [0.2, 0.25) is 0 Å². The van der Waals surface area contributed by atoms with Crippen molar-refractivity contribution >= 4 is 0 Å². The molecule has 0 radical (unpaired) electrons. The Labute approximate surface area is 91.1 Å². The van der Waals surface area contributed by atoms with E-state index in [4.69, 9.17) is 0 Å². The molecule has 0 bridgehead atoms. The van der Waals surface area contributed by atoms with Crippen LogP contribution in [0, 0.1) is 11.8 Å². The molecule has 1 nitrogen and oxygen atoms in total. The van der Waals surface area contributed by atoms with Gasteiger partial charge in [-0.15, -0.1) is 0 Å². The molecule has 0 rings (SSSR count). The van der Waals surface area contributed by atoms with Gasteiger partial charge in [0.25, 0.3) is 0 Å². The van der Waals surface area contributed by atoms with Crippen molar-refractivity contribution in [1.82, 2.24) is 0 Å². The minimum absolute atomic E-state index is 0.818. The zero-order chi connectivity index (χ0) is 11.2. The standard InChI is InChI=1S/C13H30N/c1-7-8-9-10-14(5,6)11-13(4)12(2)3/h12-13H,7-11H2,1-6H3/q+1. The molecule has 0 aliphatic rings. The van der Waals surface area contributed by atoms with Crippen LogP contribution in [0.25, 0.3) is 0 Å². The van der Waals surface area contributed by atoms with Crippen molar-refractivity contribution in [3.8, 4) is 0 Å². The van der Waals surface area contributed by atoms with E-state index in [-0.39, 0.29) is 0 Å². The lowest BCUT2D eigenvalue weighted by Gasteiger charge is -2.33. The Morgan fingerprint density at radius 1 is 1.00 bits per heavy atom. The highest BCUT2D eigenvalue weighted by atomic mass is 15.3. The van der Waals surface area contributed by atoms with Gasteiger partial charge in [0, 0.05) is 5.92 Å². The summed E-state index contributed by atoms with van der Waals surface area (Å²) in [5.74, 6) is 1.66. The lowest BCUT2D eigenvalue weighted by molar-refractivity contribution is -0.894. The molecule has 1 atom stereocenters. The maximum atomic E-state index is 2.38. The van der Waals surface area contributed by atoms with E-state index in [1.807, 2.05) is 0 Å². The molecular formula is C13H30N+. The molecule has 0 heterocycles. The monoisotopic (exact) mass is 200 g/mol. The molecule has 14 heavy (non-hydrogen) atoms. The highest BCUT2D eigenvalue weighted by molar-refractivity contribution is 4.55. The van der Waals surface area contributed by atoms with Gasteiger partial charge in [-0.2, -0.15) is 0 Å². The molecule has 0 aromatic carbocycles. The van der Waals surface area contributed by atoms with E-state index in [9.17, 15) is 0 Å². The topological polar surface area (TPSA) is 0 Å². The van der Waals surface area contributed by atoms with Crippen molar-refractivity contribution in [2.24, 2.45) is 11.8 Å². The van der Waals surface area contributed by atoms with Gasteiger partial charge < -0.3 is 4.48 Å². The minimum Gasteiger partial charge on any atom is -0.328 e. The maximum absolute atomic E-state index is 2.38. The van der Waals surface area contributed by atoms with Gasteiger partial charge >= 0.3 is 0 Å². The summed E-state index contributed by atoms with van der Waals surface area (Å²) in [5, 5.41) is 0. The molecule has 0 N–H and O–H groups in total. The van der Waals surface area contributed by atoms with Gasteiger partial charge in [-0.05, 0) is 18.8 Å². The summed E-state index contributed by atoms with van der Waals surface area (Å²) in [5.41, 5.74) is 0. The number of hydrogen-bond donors (Lipinski definition) is 0. The second-order valence-corrected chi connectivity index (χ2v) is 5.77. The molecule has 0 amide bonds. The first-order valence-corrected chi connectivity index (χ1v) is 6.21. The van der Waals surface area contributed by atoms with Crippen LogP contribution in [-0.4, -0.2) is 31.7 Å². The molecule has 86 valence electrons. The van der Waals surface area contributed by atoms with Gasteiger partial charge in [-0.25, -0.2) is 0 Å². The Kier molecular flexibility index (Phi) is 6.43. The molecule has 0 aromatic heterocycles. The van der Waals surface area contributed by atoms with Gasteiger partial charge in [0.1, 0.15) is 0 Å². The fourth-order valence-electron chi connectivity index (χ4n) is 1.87. The van der Waals surface area contributed by atoms with Crippen LogP contribution < -0.4 is 0 Å². The fourth-order valence-corrected chi connectivity index (χ4v) is 1.87. The Balaban J connectivity index is 3.81. The summed E-state index contributed by atoms with van der Waals surface area (Å²) >= 11 is 0. The molecule has 0 spiro atoms. The quantitative estimate of drug-likeness (QED) is 0.435. The van der Waals surface area contributed by atoms with Gasteiger partial charge in [0.15, 0.2) is 0 Å². The lowest BCUT2D eigenvalue weighted by atomic mass is 9.97. The molecular weight excluding hydrogens is 170 g/mol. The summed E-state index contributed by atoms with van der Waals surface area (Å²) in [7, 11) is 4.74. The van der Waals surface area contributed by atoms with Crippen LogP contribution in [0.3, 0.4) is 0 Å². The second kappa shape index (κ2) is 6.44. The Morgan fingerprint density at radius 2 is 1.57 bits per heavy atom. The van der Waals surface area contributed by atoms with Gasteiger partial charge in [-0.3, -0.25) is 0 Å². The number of hydrogen-bond acceptors (Lipinski definition) is 0. The van der Waals surface area contributed by atoms with Crippen LogP contribution in [0.2, 0.25) is 0 Å². The van der Waals surface area contributed by atoms with E-state index >= 15 is 0 Å². The lowest BCUT2D eigenvalue weighted by Crippen LogP contribution is -2.44. The first-order valence-electron chi connectivity index (χ1n) is 6.21. The van der Waals surface area contributed by atoms with Crippen molar-refractivity contribution in [3.05, 3.63) is 0 Å². The zero-order valence-corrected chi connectivity index (χ0v) is 11.1. The Morgan fingerprint density at radius 3 is 2.00 bits per heavy atom. The average Bonchev–Trinajstić information content (AvgIpc) is 2.03. The van der Waals surface area contributed by atoms with Gasteiger partial charge in [-0.1, -0.05) is 34.1 Å². The number of quaternary nitrogens is 1. The molecule has 0 saturated heterocycles. The predicted octanol–water partition coefficient (Wildman–Crippen LogP) is 3.55. The third-order valence-corrected chi connectivity index (χ3v) is 3.29. The predicted molar refractivity (Wildman–Crippen MR) is 65.4 cm³/mol. The summed E-state index contributed by atoms with van der Waals surface area (Å²) in [6, 6.07) is 0. The van der Waals surface area contributed by atoms with Crippen molar-refractivity contribution in [2.45, 2.75) is 47.0 Å². The molecule has 0 aliphatic carbocycles. The van der Waals surface area contributed by atoms with Crippen LogP contribution in [0.4, 0.5) is 0 Å². The molecule has 0 fully saturated rings. The Bertz CT molecular complexity index is 138. The highest BCUT2D eigenvalue weighted by Crippen LogP contribution is 2.15. The van der Waals surface area contributed by atoms with Crippen LogP contribution in [0.5, 0.6) is 0 Å². The number of nitrogens with zero attached hydrogens (tertiary/aromatic N) is 1. The third kappa shape index (κ3) is 6.42. The molecule has 1 unspecified atom stereocenters. The van der Waals surface area contributed by atoms with E-state index in [0.29, 0.717) is 0 Å². The normalized spacial score (nSPS) is 14.8. The molecule has 0 saturated carbocycles. The fraction of sp³-hybridized carbons (Fsp3) is 1.00. The van der Waals surface area contributed by atoms with Crippen LogP contribution >= 0.6 is 0 Å². The molecule has 0 aromatic rings. The number of unbranched alkanes of at least 4 members (excludes halogenated alkanes) is 2. The minimum atomic E-state index is 0.818. The van der Waals surface area contributed by atoms with E-state index in [1.54, 1.807) is 0 Å². The van der Waals surface area contributed by atoms with Crippen molar-refractivity contribution in [3.63, 3.8) is 0 Å². The smallest absolute Gasteiger partial charge is 0.0810 e. The van der Waals surface area contributed by atoms with Crippen molar-refractivity contribution in [2.75, 3.05) is 27.2 Å². The average molecular weight is 200 g/mol. The van der Waals surface area contributed by atoms with E-state index in [2.05, 4.69) is 41.8 Å². The van der Waals surface area contributed by atoms with Crippen LogP contribution in [-0.2, 0) is 0 Å². The SMILES string of the molecule is CCCCC[N+](C)(C)CC(C)C(C)C.